The van der Waals surface area contributed by atoms with Gasteiger partial charge in [0.15, 0.2) is 0 Å². The predicted octanol–water partition coefficient (Wildman–Crippen LogP) is 14.7. The minimum Gasteiger partial charge on any atom is -0.309 e. The summed E-state index contributed by atoms with van der Waals surface area (Å²) in [4.78, 5) is 0. The minimum atomic E-state index is -0.115. The molecule has 0 radical (unpaired) electrons. The summed E-state index contributed by atoms with van der Waals surface area (Å²) in [5.74, 6) is 0. The first-order chi connectivity index (χ1) is 28.1. The Morgan fingerprint density at radius 2 is 1.02 bits per heavy atom. The first-order valence-electron chi connectivity index (χ1n) is 19.9. The molecule has 0 N–H and O–H groups in total. The predicted molar refractivity (Wildman–Crippen MR) is 242 cm³/mol. The molecule has 0 aliphatic heterocycles. The fraction of sp³-hybridized carbons (Fsp3) is 0.0545. The highest BCUT2D eigenvalue weighted by Gasteiger charge is 2.26. The van der Waals surface area contributed by atoms with Gasteiger partial charge in [-0.2, -0.15) is 0 Å². The molecule has 2 heterocycles. The molecular formula is C55H40N2. The van der Waals surface area contributed by atoms with Gasteiger partial charge in [0, 0.05) is 43.9 Å². The lowest BCUT2D eigenvalue weighted by Crippen LogP contribution is -2.20. The smallest absolute Gasteiger partial charge is 0.0619 e. The van der Waals surface area contributed by atoms with Crippen LogP contribution in [0.2, 0.25) is 0 Å². The Morgan fingerprint density at radius 1 is 0.404 bits per heavy atom. The van der Waals surface area contributed by atoms with Crippen molar-refractivity contribution >= 4 is 43.6 Å². The number of aromatic nitrogens is 2. The second-order valence-electron chi connectivity index (χ2n) is 15.6. The topological polar surface area (TPSA) is 9.86 Å². The third kappa shape index (κ3) is 5.48. The Kier molecular flexibility index (Phi) is 7.72. The number of nitrogens with zero attached hydrogens (tertiary/aromatic N) is 2. The normalized spacial score (nSPS) is 15.3. The van der Waals surface area contributed by atoms with Crippen LogP contribution in [0.4, 0.5) is 0 Å². The zero-order valence-corrected chi connectivity index (χ0v) is 31.8. The van der Waals surface area contributed by atoms with Crippen LogP contribution in [0.15, 0.2) is 212 Å². The number of allylic oxidation sites excluding steroid dienone is 4. The number of benzene rings is 8. The number of rotatable bonds is 6. The van der Waals surface area contributed by atoms with Gasteiger partial charge in [0.05, 0.1) is 22.1 Å². The number of hydrogen-bond donors (Lipinski definition) is 0. The molecule has 2 aromatic heterocycles. The van der Waals surface area contributed by atoms with Crippen molar-refractivity contribution in [3.63, 3.8) is 0 Å². The van der Waals surface area contributed by atoms with E-state index in [0.717, 1.165) is 12.1 Å². The molecule has 0 amide bonds. The third-order valence-electron chi connectivity index (χ3n) is 12.1. The van der Waals surface area contributed by atoms with Gasteiger partial charge in [-0.1, -0.05) is 171 Å². The summed E-state index contributed by atoms with van der Waals surface area (Å²) in [5.41, 5.74) is 15.6. The molecule has 0 fully saturated rings. The van der Waals surface area contributed by atoms with Crippen LogP contribution in [0.3, 0.4) is 0 Å². The van der Waals surface area contributed by atoms with E-state index < -0.39 is 0 Å². The van der Waals surface area contributed by atoms with Crippen LogP contribution in [0.1, 0.15) is 18.9 Å². The molecule has 1 aliphatic carbocycles. The molecule has 0 saturated carbocycles. The molecule has 0 bridgehead atoms. The minimum absolute atomic E-state index is 0.115. The van der Waals surface area contributed by atoms with Crippen LogP contribution in [-0.2, 0) is 5.41 Å². The van der Waals surface area contributed by atoms with Gasteiger partial charge in [-0.15, -0.1) is 0 Å². The van der Waals surface area contributed by atoms with Crippen molar-refractivity contribution in [3.05, 3.63) is 218 Å². The van der Waals surface area contributed by atoms with Crippen molar-refractivity contribution < 1.29 is 0 Å². The van der Waals surface area contributed by atoms with E-state index in [1.807, 2.05) is 0 Å². The van der Waals surface area contributed by atoms with Gasteiger partial charge >= 0.3 is 0 Å². The van der Waals surface area contributed by atoms with Crippen molar-refractivity contribution in [2.75, 3.05) is 0 Å². The van der Waals surface area contributed by atoms with Crippen LogP contribution in [0.5, 0.6) is 0 Å². The third-order valence-corrected chi connectivity index (χ3v) is 12.1. The van der Waals surface area contributed by atoms with Crippen molar-refractivity contribution in [1.29, 1.82) is 0 Å². The molecule has 0 saturated heterocycles. The van der Waals surface area contributed by atoms with E-state index >= 15 is 0 Å². The van der Waals surface area contributed by atoms with Gasteiger partial charge in [-0.05, 0) is 88.3 Å². The quantitative estimate of drug-likeness (QED) is 0.161. The summed E-state index contributed by atoms with van der Waals surface area (Å²) >= 11 is 0. The Balaban J connectivity index is 1.15. The SMILES string of the molecule is CC1(c2cc(-c3ccccc3)cc(-n3c4ccccc4c4cccc(-c5ccc6c(c5)c5ccccc5n6-c5cccc(-c6ccccc6)c5)c43)c2)C=CC=CC1. The lowest BCUT2D eigenvalue weighted by Gasteiger charge is -2.29. The van der Waals surface area contributed by atoms with Crippen LogP contribution in [-0.4, -0.2) is 9.13 Å². The molecular weight excluding hydrogens is 689 g/mol. The maximum absolute atomic E-state index is 2.52. The Morgan fingerprint density at radius 3 is 1.77 bits per heavy atom. The molecule has 1 aliphatic rings. The largest absolute Gasteiger partial charge is 0.309 e. The zero-order chi connectivity index (χ0) is 37.9. The van der Waals surface area contributed by atoms with E-state index in [1.54, 1.807) is 0 Å². The average molecular weight is 729 g/mol. The van der Waals surface area contributed by atoms with Crippen molar-refractivity contribution in [3.8, 4) is 44.8 Å². The Hall–Kier alpha value is -7.16. The Labute approximate surface area is 332 Å². The summed E-state index contributed by atoms with van der Waals surface area (Å²) in [7, 11) is 0. The van der Waals surface area contributed by atoms with Crippen molar-refractivity contribution in [2.24, 2.45) is 0 Å². The number of fused-ring (bicyclic) bond motifs is 6. The molecule has 2 heteroatoms. The summed E-state index contributed by atoms with van der Waals surface area (Å²) in [6.07, 6.45) is 9.98. The average Bonchev–Trinajstić information content (AvgIpc) is 3.80. The van der Waals surface area contributed by atoms with Crippen LogP contribution >= 0.6 is 0 Å². The van der Waals surface area contributed by atoms with Gasteiger partial charge < -0.3 is 9.13 Å². The van der Waals surface area contributed by atoms with E-state index in [-0.39, 0.29) is 5.41 Å². The van der Waals surface area contributed by atoms with Gasteiger partial charge in [0.1, 0.15) is 0 Å². The highest BCUT2D eigenvalue weighted by Crippen LogP contribution is 2.43. The summed E-state index contributed by atoms with van der Waals surface area (Å²) in [6, 6.07) is 69.2. The van der Waals surface area contributed by atoms with Crippen LogP contribution in [0.25, 0.3) is 88.4 Å². The van der Waals surface area contributed by atoms with E-state index in [2.05, 4.69) is 228 Å². The van der Waals surface area contributed by atoms with Crippen LogP contribution in [0, 0.1) is 0 Å². The standard InChI is InChI=1S/C55H40N2/c1-55(31-13-4-14-32-55)43-33-42(39-19-7-3-8-20-39)35-45(37-43)57-52-28-12-9-23-47(52)49-26-16-25-46(54(49)57)41-29-30-53-50(36-41)48-24-10-11-27-51(48)56(53)44-22-15-21-40(34-44)38-17-5-2-6-18-38/h2-31,33-37H,32H2,1H3. The maximum Gasteiger partial charge on any atom is 0.0619 e. The molecule has 1 unspecified atom stereocenters. The zero-order valence-electron chi connectivity index (χ0n) is 31.8. The lowest BCUT2D eigenvalue weighted by atomic mass is 9.76. The molecule has 0 spiro atoms. The fourth-order valence-corrected chi connectivity index (χ4v) is 9.20. The first kappa shape index (κ1) is 33.2. The van der Waals surface area contributed by atoms with Crippen molar-refractivity contribution in [1.82, 2.24) is 9.13 Å². The number of para-hydroxylation sites is 3. The molecule has 2 nitrogen and oxygen atoms in total. The molecule has 11 rings (SSSR count). The summed E-state index contributed by atoms with van der Waals surface area (Å²) < 4.78 is 4.94. The molecule has 8 aromatic carbocycles. The van der Waals surface area contributed by atoms with Gasteiger partial charge in [-0.25, -0.2) is 0 Å². The summed E-state index contributed by atoms with van der Waals surface area (Å²) in [5, 5.41) is 4.99. The van der Waals surface area contributed by atoms with Crippen LogP contribution < -0.4 is 0 Å². The Bertz CT molecular complexity index is 3210. The van der Waals surface area contributed by atoms with Gasteiger partial charge in [0.2, 0.25) is 0 Å². The lowest BCUT2D eigenvalue weighted by molar-refractivity contribution is 0.599. The monoisotopic (exact) mass is 728 g/mol. The molecule has 1 atom stereocenters. The second kappa shape index (κ2) is 13.3. The second-order valence-corrected chi connectivity index (χ2v) is 15.6. The van der Waals surface area contributed by atoms with Gasteiger partial charge in [0.25, 0.3) is 0 Å². The fourth-order valence-electron chi connectivity index (χ4n) is 9.20. The van der Waals surface area contributed by atoms with E-state index in [1.165, 1.54) is 88.2 Å². The highest BCUT2D eigenvalue weighted by molar-refractivity contribution is 6.15. The van der Waals surface area contributed by atoms with E-state index in [0.29, 0.717) is 0 Å². The molecule has 57 heavy (non-hydrogen) atoms. The van der Waals surface area contributed by atoms with Gasteiger partial charge in [-0.3, -0.25) is 0 Å². The molecule has 10 aromatic rings. The maximum atomic E-state index is 2.52. The molecule has 270 valence electrons. The van der Waals surface area contributed by atoms with Crippen molar-refractivity contribution in [2.45, 2.75) is 18.8 Å². The van der Waals surface area contributed by atoms with E-state index in [9.17, 15) is 0 Å². The van der Waals surface area contributed by atoms with E-state index in [4.69, 9.17) is 0 Å². The number of hydrogen-bond acceptors (Lipinski definition) is 0. The first-order valence-corrected chi connectivity index (χ1v) is 19.9. The highest BCUT2D eigenvalue weighted by atomic mass is 15.0. The summed E-state index contributed by atoms with van der Waals surface area (Å²) in [6.45, 7) is 2.36.